The Morgan fingerprint density at radius 1 is 1.35 bits per heavy atom. The molecule has 0 aromatic carbocycles. The quantitative estimate of drug-likeness (QED) is 0.653. The Labute approximate surface area is 150 Å². The smallest absolute Gasteiger partial charge is 0.317 e. The van der Waals surface area contributed by atoms with Gasteiger partial charge in [0.25, 0.3) is 0 Å². The molecule has 3 aromatic heterocycles. The van der Waals surface area contributed by atoms with Crippen molar-refractivity contribution in [3.63, 3.8) is 0 Å². The molecule has 1 aliphatic heterocycles. The fourth-order valence-corrected chi connectivity index (χ4v) is 3.03. The van der Waals surface area contributed by atoms with Crippen LogP contribution in [0.15, 0.2) is 24.5 Å². The van der Waals surface area contributed by atoms with Crippen molar-refractivity contribution in [3.8, 4) is 11.4 Å². The number of H-pyrrole nitrogens is 2. The lowest BCUT2D eigenvalue weighted by atomic mass is 10.1. The fraction of sp³-hybridized carbons (Fsp3) is 0.353. The molecule has 1 aliphatic rings. The van der Waals surface area contributed by atoms with Gasteiger partial charge in [-0.15, -0.1) is 0 Å². The number of rotatable bonds is 4. The second-order valence-electron chi connectivity index (χ2n) is 6.27. The molecule has 3 N–H and O–H groups in total. The predicted molar refractivity (Wildman–Crippen MR) is 94.2 cm³/mol. The summed E-state index contributed by atoms with van der Waals surface area (Å²) in [5.41, 5.74) is 4.08. The highest BCUT2D eigenvalue weighted by molar-refractivity contribution is 5.74. The van der Waals surface area contributed by atoms with Crippen LogP contribution in [0.3, 0.4) is 0 Å². The van der Waals surface area contributed by atoms with Gasteiger partial charge in [0.05, 0.1) is 12.2 Å². The highest BCUT2D eigenvalue weighted by atomic mass is 16.2. The summed E-state index contributed by atoms with van der Waals surface area (Å²) in [7, 11) is 0. The first kappa shape index (κ1) is 16.2. The minimum atomic E-state index is -0.0664. The van der Waals surface area contributed by atoms with Crippen molar-refractivity contribution in [2.24, 2.45) is 0 Å². The number of aryl methyl sites for hydroxylation is 1. The first-order valence-corrected chi connectivity index (χ1v) is 8.58. The third-order valence-electron chi connectivity index (χ3n) is 4.50. The van der Waals surface area contributed by atoms with E-state index in [0.717, 1.165) is 34.8 Å². The monoisotopic (exact) mass is 352 g/mol. The SMILES string of the molecule is Cc1[nH]nc2c1CN(C(=O)NCCc1nc(-c3cccnc3)n[nH]1)CC2. The molecular weight excluding hydrogens is 332 g/mol. The van der Waals surface area contributed by atoms with Gasteiger partial charge in [-0.2, -0.15) is 10.2 Å². The Kier molecular flexibility index (Phi) is 4.34. The van der Waals surface area contributed by atoms with Gasteiger partial charge in [0.1, 0.15) is 5.82 Å². The lowest BCUT2D eigenvalue weighted by Gasteiger charge is -2.26. The van der Waals surface area contributed by atoms with Crippen LogP contribution in [0.4, 0.5) is 4.79 Å². The summed E-state index contributed by atoms with van der Waals surface area (Å²) in [6.07, 6.45) is 4.80. The number of urea groups is 1. The molecule has 0 saturated carbocycles. The zero-order valence-electron chi connectivity index (χ0n) is 14.5. The molecule has 0 saturated heterocycles. The zero-order valence-corrected chi connectivity index (χ0v) is 14.5. The largest absolute Gasteiger partial charge is 0.338 e. The van der Waals surface area contributed by atoms with Crippen LogP contribution in [0.5, 0.6) is 0 Å². The van der Waals surface area contributed by atoms with Crippen molar-refractivity contribution in [2.75, 3.05) is 13.1 Å². The maximum Gasteiger partial charge on any atom is 0.317 e. The van der Waals surface area contributed by atoms with E-state index in [4.69, 9.17) is 0 Å². The number of carbonyl (C=O) groups is 1. The molecule has 3 aromatic rings. The molecule has 2 amide bonds. The van der Waals surface area contributed by atoms with Crippen LogP contribution in [-0.4, -0.2) is 54.4 Å². The lowest BCUT2D eigenvalue weighted by Crippen LogP contribution is -2.43. The normalized spacial score (nSPS) is 13.5. The molecule has 0 aliphatic carbocycles. The summed E-state index contributed by atoms with van der Waals surface area (Å²) in [6.45, 7) is 3.75. The maximum atomic E-state index is 12.4. The van der Waals surface area contributed by atoms with Gasteiger partial charge in [-0.1, -0.05) is 0 Å². The van der Waals surface area contributed by atoms with Crippen molar-refractivity contribution in [3.05, 3.63) is 47.3 Å². The standard InChI is InChI=1S/C17H20N8O/c1-11-13-10-25(8-5-14(13)22-21-11)17(26)19-7-4-15-20-16(24-23-15)12-3-2-6-18-9-12/h2-3,6,9H,4-5,7-8,10H2,1H3,(H,19,26)(H,21,22)(H,20,23,24). The highest BCUT2D eigenvalue weighted by Crippen LogP contribution is 2.19. The van der Waals surface area contributed by atoms with E-state index in [-0.39, 0.29) is 6.03 Å². The van der Waals surface area contributed by atoms with Crippen molar-refractivity contribution in [1.29, 1.82) is 0 Å². The van der Waals surface area contributed by atoms with E-state index in [2.05, 4.69) is 35.7 Å². The van der Waals surface area contributed by atoms with Crippen LogP contribution in [-0.2, 0) is 19.4 Å². The number of hydrogen-bond acceptors (Lipinski definition) is 5. The molecule has 0 radical (unpaired) electrons. The number of nitrogens with one attached hydrogen (secondary N) is 3. The Balaban J connectivity index is 1.29. The van der Waals surface area contributed by atoms with E-state index < -0.39 is 0 Å². The molecule has 0 unspecified atom stereocenters. The van der Waals surface area contributed by atoms with Crippen LogP contribution in [0, 0.1) is 6.92 Å². The summed E-state index contributed by atoms with van der Waals surface area (Å²) < 4.78 is 0. The molecule has 9 heteroatoms. The van der Waals surface area contributed by atoms with E-state index in [0.29, 0.717) is 31.9 Å². The summed E-state index contributed by atoms with van der Waals surface area (Å²) in [4.78, 5) is 22.7. The van der Waals surface area contributed by atoms with E-state index in [1.165, 1.54) is 0 Å². The summed E-state index contributed by atoms with van der Waals surface area (Å²) in [5.74, 6) is 1.34. The summed E-state index contributed by atoms with van der Waals surface area (Å²) in [5, 5.41) is 17.3. The van der Waals surface area contributed by atoms with Gasteiger partial charge >= 0.3 is 6.03 Å². The first-order valence-electron chi connectivity index (χ1n) is 8.58. The molecular formula is C17H20N8O. The average molecular weight is 352 g/mol. The molecule has 0 fully saturated rings. The number of carbonyl (C=O) groups excluding carboxylic acids is 1. The van der Waals surface area contributed by atoms with Gasteiger partial charge < -0.3 is 10.2 Å². The topological polar surface area (TPSA) is 115 Å². The number of nitrogens with zero attached hydrogens (tertiary/aromatic N) is 5. The molecule has 0 atom stereocenters. The van der Waals surface area contributed by atoms with Crippen LogP contribution in [0.2, 0.25) is 0 Å². The third kappa shape index (κ3) is 3.28. The lowest BCUT2D eigenvalue weighted by molar-refractivity contribution is 0.192. The van der Waals surface area contributed by atoms with E-state index in [1.807, 2.05) is 24.0 Å². The van der Waals surface area contributed by atoms with Gasteiger partial charge in [-0.3, -0.25) is 15.2 Å². The molecule has 4 heterocycles. The second kappa shape index (κ2) is 6.95. The van der Waals surface area contributed by atoms with Crippen molar-refractivity contribution < 1.29 is 4.79 Å². The Bertz CT molecular complexity index is 901. The highest BCUT2D eigenvalue weighted by Gasteiger charge is 2.23. The second-order valence-corrected chi connectivity index (χ2v) is 6.27. The van der Waals surface area contributed by atoms with E-state index in [1.54, 1.807) is 12.4 Å². The predicted octanol–water partition coefficient (Wildman–Crippen LogP) is 1.21. The van der Waals surface area contributed by atoms with Crippen molar-refractivity contribution >= 4 is 6.03 Å². The Hall–Kier alpha value is -3.23. The van der Waals surface area contributed by atoms with Gasteiger partial charge in [0.15, 0.2) is 5.82 Å². The molecule has 26 heavy (non-hydrogen) atoms. The number of hydrogen-bond donors (Lipinski definition) is 3. The van der Waals surface area contributed by atoms with Crippen LogP contribution < -0.4 is 5.32 Å². The number of aromatic amines is 2. The Morgan fingerprint density at radius 3 is 3.12 bits per heavy atom. The van der Waals surface area contributed by atoms with Gasteiger partial charge in [0, 0.05) is 55.1 Å². The average Bonchev–Trinajstić information content (AvgIpc) is 3.29. The zero-order chi connectivity index (χ0) is 17.9. The summed E-state index contributed by atoms with van der Waals surface area (Å²) in [6, 6.07) is 3.69. The van der Waals surface area contributed by atoms with Crippen molar-refractivity contribution in [2.45, 2.75) is 26.3 Å². The Morgan fingerprint density at radius 2 is 2.27 bits per heavy atom. The number of pyridine rings is 1. The van der Waals surface area contributed by atoms with E-state index >= 15 is 0 Å². The number of fused-ring (bicyclic) bond motifs is 1. The molecule has 134 valence electrons. The van der Waals surface area contributed by atoms with Crippen molar-refractivity contribution in [1.82, 2.24) is 40.6 Å². The minimum Gasteiger partial charge on any atom is -0.338 e. The minimum absolute atomic E-state index is 0.0664. The fourth-order valence-electron chi connectivity index (χ4n) is 3.03. The summed E-state index contributed by atoms with van der Waals surface area (Å²) >= 11 is 0. The number of amides is 2. The van der Waals surface area contributed by atoms with Crippen LogP contribution >= 0.6 is 0 Å². The van der Waals surface area contributed by atoms with Crippen LogP contribution in [0.1, 0.15) is 22.8 Å². The first-order chi connectivity index (χ1) is 12.7. The van der Waals surface area contributed by atoms with E-state index in [9.17, 15) is 4.79 Å². The molecule has 0 bridgehead atoms. The van der Waals surface area contributed by atoms with Gasteiger partial charge in [0.2, 0.25) is 0 Å². The van der Waals surface area contributed by atoms with Gasteiger partial charge in [-0.05, 0) is 19.1 Å². The van der Waals surface area contributed by atoms with Gasteiger partial charge in [-0.25, -0.2) is 9.78 Å². The maximum absolute atomic E-state index is 12.4. The molecule has 9 nitrogen and oxygen atoms in total. The number of aromatic nitrogens is 6. The molecule has 4 rings (SSSR count). The molecule has 0 spiro atoms. The third-order valence-corrected chi connectivity index (χ3v) is 4.50. The van der Waals surface area contributed by atoms with Crippen LogP contribution in [0.25, 0.3) is 11.4 Å².